The molecule has 0 saturated heterocycles. The standard InChI is InChI=1S/C13H17BrN4/c1-9(2)18-13(16-8-17-18)7-15-12-5-4-10(3)6-11(12)14/h4-6,8-9,15H,7H2,1-3H3. The number of benzene rings is 1. The minimum absolute atomic E-state index is 0.325. The maximum absolute atomic E-state index is 4.27. The van der Waals surface area contributed by atoms with E-state index in [-0.39, 0.29) is 0 Å². The van der Waals surface area contributed by atoms with Crippen LogP contribution in [0.3, 0.4) is 0 Å². The lowest BCUT2D eigenvalue weighted by molar-refractivity contribution is 0.509. The van der Waals surface area contributed by atoms with Crippen molar-refractivity contribution in [3.63, 3.8) is 0 Å². The maximum atomic E-state index is 4.27. The molecule has 4 nitrogen and oxygen atoms in total. The molecule has 1 heterocycles. The van der Waals surface area contributed by atoms with Crippen LogP contribution in [0.2, 0.25) is 0 Å². The van der Waals surface area contributed by atoms with Gasteiger partial charge in [-0.1, -0.05) is 6.07 Å². The van der Waals surface area contributed by atoms with Crippen LogP contribution in [0, 0.1) is 6.92 Å². The fourth-order valence-electron chi connectivity index (χ4n) is 1.77. The molecule has 2 aromatic rings. The molecule has 18 heavy (non-hydrogen) atoms. The number of halogens is 1. The average Bonchev–Trinajstić information content (AvgIpc) is 2.76. The second-order valence-corrected chi connectivity index (χ2v) is 5.41. The minimum atomic E-state index is 0.325. The summed E-state index contributed by atoms with van der Waals surface area (Å²) < 4.78 is 2.99. The largest absolute Gasteiger partial charge is 0.377 e. The van der Waals surface area contributed by atoms with E-state index in [9.17, 15) is 0 Å². The molecule has 2 rings (SSSR count). The fourth-order valence-corrected chi connectivity index (χ4v) is 2.40. The topological polar surface area (TPSA) is 42.7 Å². The number of anilines is 1. The van der Waals surface area contributed by atoms with Crippen LogP contribution in [0.1, 0.15) is 31.3 Å². The quantitative estimate of drug-likeness (QED) is 0.939. The van der Waals surface area contributed by atoms with Crippen molar-refractivity contribution in [3.05, 3.63) is 40.4 Å². The van der Waals surface area contributed by atoms with Gasteiger partial charge in [0, 0.05) is 16.2 Å². The number of nitrogens with one attached hydrogen (secondary N) is 1. The van der Waals surface area contributed by atoms with Crippen molar-refractivity contribution >= 4 is 21.6 Å². The van der Waals surface area contributed by atoms with Crippen molar-refractivity contribution < 1.29 is 0 Å². The molecule has 0 spiro atoms. The van der Waals surface area contributed by atoms with Gasteiger partial charge in [0.05, 0.1) is 6.54 Å². The molecule has 0 saturated carbocycles. The van der Waals surface area contributed by atoms with E-state index in [1.165, 1.54) is 5.56 Å². The summed E-state index contributed by atoms with van der Waals surface area (Å²) in [7, 11) is 0. The third kappa shape index (κ3) is 2.90. The lowest BCUT2D eigenvalue weighted by Gasteiger charge is -2.12. The van der Waals surface area contributed by atoms with Crippen LogP contribution in [0.25, 0.3) is 0 Å². The first-order valence-corrected chi connectivity index (χ1v) is 6.75. The van der Waals surface area contributed by atoms with Gasteiger partial charge in [-0.25, -0.2) is 9.67 Å². The van der Waals surface area contributed by atoms with Gasteiger partial charge < -0.3 is 5.32 Å². The Morgan fingerprint density at radius 1 is 1.39 bits per heavy atom. The van der Waals surface area contributed by atoms with Crippen molar-refractivity contribution in [1.82, 2.24) is 14.8 Å². The summed E-state index contributed by atoms with van der Waals surface area (Å²) in [6.07, 6.45) is 1.60. The molecule has 1 aromatic carbocycles. The number of hydrogen-bond acceptors (Lipinski definition) is 3. The highest BCUT2D eigenvalue weighted by Gasteiger charge is 2.07. The summed E-state index contributed by atoms with van der Waals surface area (Å²) in [5, 5.41) is 7.59. The van der Waals surface area contributed by atoms with Crippen molar-refractivity contribution in [2.45, 2.75) is 33.4 Å². The SMILES string of the molecule is Cc1ccc(NCc2ncnn2C(C)C)c(Br)c1. The number of aryl methyl sites for hydroxylation is 1. The van der Waals surface area contributed by atoms with Gasteiger partial charge in [-0.15, -0.1) is 0 Å². The van der Waals surface area contributed by atoms with Gasteiger partial charge in [-0.2, -0.15) is 5.10 Å². The van der Waals surface area contributed by atoms with E-state index in [4.69, 9.17) is 0 Å². The summed E-state index contributed by atoms with van der Waals surface area (Å²) in [4.78, 5) is 4.27. The molecule has 0 amide bonds. The van der Waals surface area contributed by atoms with Crippen molar-refractivity contribution in [3.8, 4) is 0 Å². The van der Waals surface area contributed by atoms with E-state index in [0.717, 1.165) is 16.0 Å². The summed E-state index contributed by atoms with van der Waals surface area (Å²) in [5.74, 6) is 0.942. The van der Waals surface area contributed by atoms with Gasteiger partial charge in [-0.3, -0.25) is 0 Å². The Morgan fingerprint density at radius 2 is 2.17 bits per heavy atom. The molecular weight excluding hydrogens is 292 g/mol. The van der Waals surface area contributed by atoms with Gasteiger partial charge in [-0.05, 0) is 54.4 Å². The number of hydrogen-bond donors (Lipinski definition) is 1. The van der Waals surface area contributed by atoms with Gasteiger partial charge in [0.1, 0.15) is 12.2 Å². The summed E-state index contributed by atoms with van der Waals surface area (Å²) in [6.45, 7) is 6.93. The molecule has 1 N–H and O–H groups in total. The molecule has 0 aliphatic heterocycles. The predicted octanol–water partition coefficient (Wildman–Crippen LogP) is 3.54. The predicted molar refractivity (Wildman–Crippen MR) is 76.6 cm³/mol. The Balaban J connectivity index is 2.09. The van der Waals surface area contributed by atoms with Crippen LogP contribution in [-0.4, -0.2) is 14.8 Å². The zero-order valence-electron chi connectivity index (χ0n) is 10.8. The van der Waals surface area contributed by atoms with Crippen LogP contribution >= 0.6 is 15.9 Å². The van der Waals surface area contributed by atoms with Gasteiger partial charge >= 0.3 is 0 Å². The number of nitrogens with zero attached hydrogens (tertiary/aromatic N) is 3. The zero-order chi connectivity index (χ0) is 13.1. The summed E-state index contributed by atoms with van der Waals surface area (Å²) in [6, 6.07) is 6.57. The third-order valence-electron chi connectivity index (χ3n) is 2.70. The van der Waals surface area contributed by atoms with E-state index in [0.29, 0.717) is 12.6 Å². The van der Waals surface area contributed by atoms with Crippen LogP contribution in [0.4, 0.5) is 5.69 Å². The summed E-state index contributed by atoms with van der Waals surface area (Å²) >= 11 is 3.55. The Morgan fingerprint density at radius 3 is 2.83 bits per heavy atom. The Kier molecular flexibility index (Phi) is 4.01. The van der Waals surface area contributed by atoms with Gasteiger partial charge in [0.25, 0.3) is 0 Å². The fraction of sp³-hybridized carbons (Fsp3) is 0.385. The van der Waals surface area contributed by atoms with Crippen LogP contribution in [-0.2, 0) is 6.54 Å². The molecule has 0 aliphatic rings. The molecule has 0 bridgehead atoms. The van der Waals surface area contributed by atoms with Crippen molar-refractivity contribution in [2.24, 2.45) is 0 Å². The molecule has 0 fully saturated rings. The number of rotatable bonds is 4. The molecule has 5 heteroatoms. The molecule has 1 aromatic heterocycles. The second kappa shape index (κ2) is 5.52. The zero-order valence-corrected chi connectivity index (χ0v) is 12.4. The highest BCUT2D eigenvalue weighted by molar-refractivity contribution is 9.10. The molecular formula is C13H17BrN4. The van der Waals surface area contributed by atoms with Crippen molar-refractivity contribution in [2.75, 3.05) is 5.32 Å². The molecule has 0 unspecified atom stereocenters. The Bertz CT molecular complexity index is 534. The van der Waals surface area contributed by atoms with E-state index in [2.05, 4.69) is 70.3 Å². The molecule has 0 atom stereocenters. The lowest BCUT2D eigenvalue weighted by Crippen LogP contribution is -2.12. The third-order valence-corrected chi connectivity index (χ3v) is 3.35. The minimum Gasteiger partial charge on any atom is -0.377 e. The van der Waals surface area contributed by atoms with Gasteiger partial charge in [0.2, 0.25) is 0 Å². The van der Waals surface area contributed by atoms with Crippen molar-refractivity contribution in [1.29, 1.82) is 0 Å². The Hall–Kier alpha value is -1.36. The van der Waals surface area contributed by atoms with E-state index in [1.54, 1.807) is 6.33 Å². The van der Waals surface area contributed by atoms with E-state index < -0.39 is 0 Å². The van der Waals surface area contributed by atoms with Crippen LogP contribution in [0.5, 0.6) is 0 Å². The molecule has 96 valence electrons. The summed E-state index contributed by atoms with van der Waals surface area (Å²) in [5.41, 5.74) is 2.30. The Labute approximate surface area is 116 Å². The lowest BCUT2D eigenvalue weighted by atomic mass is 10.2. The second-order valence-electron chi connectivity index (χ2n) is 4.55. The van der Waals surface area contributed by atoms with E-state index >= 15 is 0 Å². The highest BCUT2D eigenvalue weighted by Crippen LogP contribution is 2.23. The van der Waals surface area contributed by atoms with E-state index in [1.807, 2.05) is 4.68 Å². The first-order chi connectivity index (χ1) is 8.58. The average molecular weight is 309 g/mol. The number of aromatic nitrogens is 3. The smallest absolute Gasteiger partial charge is 0.146 e. The first-order valence-electron chi connectivity index (χ1n) is 5.96. The normalized spacial score (nSPS) is 10.9. The van der Waals surface area contributed by atoms with Crippen LogP contribution in [0.15, 0.2) is 29.0 Å². The molecule has 0 radical (unpaired) electrons. The van der Waals surface area contributed by atoms with Crippen LogP contribution < -0.4 is 5.32 Å². The highest BCUT2D eigenvalue weighted by atomic mass is 79.9. The maximum Gasteiger partial charge on any atom is 0.146 e. The first kappa shape index (κ1) is 13.1. The molecule has 0 aliphatic carbocycles. The monoisotopic (exact) mass is 308 g/mol. The van der Waals surface area contributed by atoms with Gasteiger partial charge in [0.15, 0.2) is 0 Å².